The van der Waals surface area contributed by atoms with Crippen molar-refractivity contribution in [2.24, 2.45) is 0 Å². The van der Waals surface area contributed by atoms with Crippen molar-refractivity contribution in [2.45, 2.75) is 13.8 Å². The van der Waals surface area contributed by atoms with Gasteiger partial charge in [0.25, 0.3) is 0 Å². The molecule has 2 heterocycles. The number of nitrogens with zero attached hydrogens (tertiary/aromatic N) is 2. The monoisotopic (exact) mass is 274 g/mol. The van der Waals surface area contributed by atoms with Crippen LogP contribution in [0.3, 0.4) is 0 Å². The van der Waals surface area contributed by atoms with E-state index in [9.17, 15) is 0 Å². The largest absolute Gasteiger partial charge is 0.443 e. The molecule has 62 valence electrons. The van der Waals surface area contributed by atoms with Crippen molar-refractivity contribution >= 4 is 33.7 Å². The second-order valence-corrected chi connectivity index (χ2v) is 3.66. The molecule has 0 saturated heterocycles. The molecule has 0 N–H and O–H groups in total. The molecule has 2 aromatic rings. The summed E-state index contributed by atoms with van der Waals surface area (Å²) < 4.78 is 6.32. The lowest BCUT2D eigenvalue weighted by atomic mass is 10.4. The maximum Gasteiger partial charge on any atom is 0.230 e. The number of aromatic nitrogens is 2. The smallest absolute Gasteiger partial charge is 0.230 e. The maximum atomic E-state index is 5.37. The second kappa shape index (κ2) is 2.69. The first-order valence-corrected chi connectivity index (χ1v) is 4.65. The van der Waals surface area contributed by atoms with Crippen LogP contribution in [-0.2, 0) is 0 Å². The van der Waals surface area contributed by atoms with E-state index in [0.717, 1.165) is 20.7 Å². The van der Waals surface area contributed by atoms with E-state index in [2.05, 4.69) is 32.6 Å². The van der Waals surface area contributed by atoms with Gasteiger partial charge < -0.3 is 4.42 Å². The molecule has 0 fully saturated rings. The van der Waals surface area contributed by atoms with Crippen LogP contribution in [0.1, 0.15) is 11.6 Å². The van der Waals surface area contributed by atoms with Crippen molar-refractivity contribution in [1.82, 2.24) is 9.97 Å². The van der Waals surface area contributed by atoms with Crippen molar-refractivity contribution < 1.29 is 4.42 Å². The Morgan fingerprint density at radius 2 is 2.08 bits per heavy atom. The van der Waals surface area contributed by atoms with E-state index < -0.39 is 0 Å². The van der Waals surface area contributed by atoms with Gasteiger partial charge in [0.15, 0.2) is 0 Å². The van der Waals surface area contributed by atoms with E-state index in [1.54, 1.807) is 0 Å². The quantitative estimate of drug-likeness (QED) is 0.547. The Bertz CT molecular complexity index is 436. The van der Waals surface area contributed by atoms with Gasteiger partial charge >= 0.3 is 0 Å². The van der Waals surface area contributed by atoms with E-state index in [-0.39, 0.29) is 0 Å². The molecule has 0 aromatic carbocycles. The van der Waals surface area contributed by atoms with Crippen molar-refractivity contribution in [3.8, 4) is 0 Å². The number of halogens is 1. The summed E-state index contributed by atoms with van der Waals surface area (Å²) in [4.78, 5) is 8.41. The van der Waals surface area contributed by atoms with Crippen molar-refractivity contribution in [3.05, 3.63) is 21.4 Å². The lowest BCUT2D eigenvalue weighted by Crippen LogP contribution is -1.89. The van der Waals surface area contributed by atoms with Gasteiger partial charge in [-0.1, -0.05) is 0 Å². The lowest BCUT2D eigenvalue weighted by Gasteiger charge is -1.92. The van der Waals surface area contributed by atoms with Gasteiger partial charge in [-0.3, -0.25) is 0 Å². The van der Waals surface area contributed by atoms with Crippen LogP contribution in [0, 0.1) is 17.5 Å². The van der Waals surface area contributed by atoms with Gasteiger partial charge in [-0.25, -0.2) is 4.98 Å². The number of hydrogen-bond donors (Lipinski definition) is 0. The first kappa shape index (κ1) is 7.97. The van der Waals surface area contributed by atoms with Crippen LogP contribution in [0.2, 0.25) is 0 Å². The summed E-state index contributed by atoms with van der Waals surface area (Å²) in [6.07, 6.45) is 0. The van der Waals surface area contributed by atoms with Crippen LogP contribution in [0.5, 0.6) is 0 Å². The minimum absolute atomic E-state index is 0.685. The van der Waals surface area contributed by atoms with Gasteiger partial charge in [-0.2, -0.15) is 4.98 Å². The summed E-state index contributed by atoms with van der Waals surface area (Å²) in [5.74, 6) is 1.63. The van der Waals surface area contributed by atoms with Crippen LogP contribution in [-0.4, -0.2) is 9.97 Å². The van der Waals surface area contributed by atoms with Crippen molar-refractivity contribution in [3.63, 3.8) is 0 Å². The fourth-order valence-corrected chi connectivity index (χ4v) is 1.84. The molecule has 0 saturated carbocycles. The zero-order chi connectivity index (χ0) is 8.72. The molecule has 0 amide bonds. The fraction of sp³-hybridized carbons (Fsp3) is 0.250. The van der Waals surface area contributed by atoms with Gasteiger partial charge in [0, 0.05) is 0 Å². The maximum absolute atomic E-state index is 5.37. The van der Waals surface area contributed by atoms with Crippen LogP contribution < -0.4 is 0 Å². The average molecular weight is 274 g/mol. The number of furan rings is 1. The van der Waals surface area contributed by atoms with E-state index >= 15 is 0 Å². The molecule has 0 aliphatic carbocycles. The normalized spacial score (nSPS) is 10.9. The van der Waals surface area contributed by atoms with Gasteiger partial charge in [0.2, 0.25) is 5.71 Å². The average Bonchev–Trinajstić information content (AvgIpc) is 2.29. The number of aryl methyl sites for hydroxylation is 2. The highest BCUT2D eigenvalue weighted by molar-refractivity contribution is 14.1. The molecule has 2 aromatic heterocycles. The Morgan fingerprint density at radius 3 is 2.83 bits per heavy atom. The number of hydrogen-bond acceptors (Lipinski definition) is 3. The third-order valence-electron chi connectivity index (χ3n) is 1.58. The predicted octanol–water partition coefficient (Wildman–Crippen LogP) is 2.44. The summed E-state index contributed by atoms with van der Waals surface area (Å²) in [5, 5.41) is 0.999. The van der Waals surface area contributed by atoms with Gasteiger partial charge in [-0.15, -0.1) is 0 Å². The Morgan fingerprint density at radius 1 is 1.33 bits per heavy atom. The molecule has 3 nitrogen and oxygen atoms in total. The topological polar surface area (TPSA) is 38.9 Å². The summed E-state index contributed by atoms with van der Waals surface area (Å²) in [5.41, 5.74) is 0.685. The summed E-state index contributed by atoms with van der Waals surface area (Å²) in [7, 11) is 0. The van der Waals surface area contributed by atoms with E-state index in [0.29, 0.717) is 5.71 Å². The summed E-state index contributed by atoms with van der Waals surface area (Å²) in [6.45, 7) is 3.77. The van der Waals surface area contributed by atoms with E-state index in [1.807, 2.05) is 19.9 Å². The third-order valence-corrected chi connectivity index (χ3v) is 2.40. The standard InChI is InChI=1S/C8H7IN2O/c1-4-3-6-7(9)10-5(2)11-8(6)12-4/h3H,1-2H3. The minimum atomic E-state index is 0.685. The first-order chi connectivity index (χ1) is 5.66. The predicted molar refractivity (Wildman–Crippen MR) is 54.0 cm³/mol. The van der Waals surface area contributed by atoms with Gasteiger partial charge in [0.05, 0.1) is 5.39 Å². The zero-order valence-electron chi connectivity index (χ0n) is 6.76. The Kier molecular flexibility index (Phi) is 1.79. The summed E-state index contributed by atoms with van der Waals surface area (Å²) >= 11 is 2.19. The molecule has 12 heavy (non-hydrogen) atoms. The second-order valence-electron chi connectivity index (χ2n) is 2.64. The molecule has 0 unspecified atom stereocenters. The molecule has 0 aliphatic rings. The Balaban J connectivity index is 2.88. The third kappa shape index (κ3) is 1.20. The van der Waals surface area contributed by atoms with E-state index in [1.165, 1.54) is 0 Å². The molecular weight excluding hydrogens is 267 g/mol. The highest BCUT2D eigenvalue weighted by atomic mass is 127. The number of fused-ring (bicyclic) bond motifs is 1. The fourth-order valence-electron chi connectivity index (χ4n) is 1.11. The van der Waals surface area contributed by atoms with Crippen molar-refractivity contribution in [1.29, 1.82) is 0 Å². The molecule has 2 rings (SSSR count). The highest BCUT2D eigenvalue weighted by Crippen LogP contribution is 2.20. The molecule has 0 radical (unpaired) electrons. The van der Waals surface area contributed by atoms with Gasteiger partial charge in [-0.05, 0) is 42.5 Å². The molecule has 0 spiro atoms. The van der Waals surface area contributed by atoms with Crippen LogP contribution in [0.15, 0.2) is 10.5 Å². The van der Waals surface area contributed by atoms with Crippen LogP contribution in [0.25, 0.3) is 11.1 Å². The summed E-state index contributed by atoms with van der Waals surface area (Å²) in [6, 6.07) is 1.95. The lowest BCUT2D eigenvalue weighted by molar-refractivity contribution is 0.565. The molecule has 0 atom stereocenters. The SMILES string of the molecule is Cc1nc(I)c2cc(C)oc2n1. The van der Waals surface area contributed by atoms with Crippen molar-refractivity contribution in [2.75, 3.05) is 0 Å². The minimum Gasteiger partial charge on any atom is -0.443 e. The molecular formula is C8H7IN2O. The molecule has 0 bridgehead atoms. The Labute approximate surface area is 83.3 Å². The van der Waals surface area contributed by atoms with Crippen LogP contribution in [0.4, 0.5) is 0 Å². The van der Waals surface area contributed by atoms with Crippen LogP contribution >= 0.6 is 22.6 Å². The van der Waals surface area contributed by atoms with Gasteiger partial charge in [0.1, 0.15) is 15.3 Å². The molecule has 0 aliphatic heterocycles. The Hall–Kier alpha value is -0.650. The first-order valence-electron chi connectivity index (χ1n) is 3.57. The number of rotatable bonds is 0. The molecule has 4 heteroatoms. The van der Waals surface area contributed by atoms with E-state index in [4.69, 9.17) is 4.42 Å². The highest BCUT2D eigenvalue weighted by Gasteiger charge is 2.06. The zero-order valence-corrected chi connectivity index (χ0v) is 8.92.